The topological polar surface area (TPSA) is 73.5 Å². The molecule has 6 nitrogen and oxygen atoms in total. The molecule has 1 fully saturated rings. The normalized spacial score (nSPS) is 14.9. The maximum atomic E-state index is 4.87. The second-order valence-electron chi connectivity index (χ2n) is 7.94. The Bertz CT molecular complexity index is 1240. The third kappa shape index (κ3) is 3.65. The smallest absolute Gasteiger partial charge is 0.135 e. The Morgan fingerprint density at radius 2 is 1.97 bits per heavy atom. The van der Waals surface area contributed by atoms with Crippen molar-refractivity contribution >= 4 is 16.7 Å². The molecule has 0 bridgehead atoms. The first-order valence-electron chi connectivity index (χ1n) is 10.8. The van der Waals surface area contributed by atoms with Gasteiger partial charge in [0.2, 0.25) is 0 Å². The summed E-state index contributed by atoms with van der Waals surface area (Å²) in [5.74, 6) is 0. The summed E-state index contributed by atoms with van der Waals surface area (Å²) < 4.78 is 0. The summed E-state index contributed by atoms with van der Waals surface area (Å²) in [4.78, 5) is 15.3. The first-order chi connectivity index (χ1) is 15.2. The number of nitrogens with zero attached hydrogens (tertiary/aromatic N) is 4. The fraction of sp³-hybridized carbons (Fsp3) is 0.240. The highest BCUT2D eigenvalue weighted by Crippen LogP contribution is 2.32. The number of aromatic nitrogens is 5. The van der Waals surface area contributed by atoms with Crippen LogP contribution in [0.3, 0.4) is 0 Å². The van der Waals surface area contributed by atoms with Crippen LogP contribution in [0.25, 0.3) is 39.5 Å². The Kier molecular flexibility index (Phi) is 5.12. The van der Waals surface area contributed by atoms with E-state index in [2.05, 4.69) is 50.7 Å². The molecule has 1 saturated heterocycles. The largest absolute Gasteiger partial charge is 0.371 e. The Hall–Kier alpha value is -3.67. The summed E-state index contributed by atoms with van der Waals surface area (Å²) in [7, 11) is 0. The molecule has 0 saturated carbocycles. The molecule has 5 heterocycles. The van der Waals surface area contributed by atoms with Gasteiger partial charge in [0, 0.05) is 36.2 Å². The maximum Gasteiger partial charge on any atom is 0.135 e. The zero-order valence-electron chi connectivity index (χ0n) is 17.7. The Labute approximate surface area is 181 Å². The van der Waals surface area contributed by atoms with Crippen molar-refractivity contribution in [1.29, 1.82) is 0 Å². The lowest BCUT2D eigenvalue weighted by atomic mass is 10.1. The van der Waals surface area contributed by atoms with Crippen LogP contribution in [0.2, 0.25) is 0 Å². The number of hydrogen-bond acceptors (Lipinski definition) is 4. The highest BCUT2D eigenvalue weighted by atomic mass is 15.1. The Morgan fingerprint density at radius 1 is 1.10 bits per heavy atom. The molecular weight excluding hydrogens is 384 g/mol. The third-order valence-corrected chi connectivity index (χ3v) is 5.85. The fourth-order valence-corrected chi connectivity index (χ4v) is 4.31. The van der Waals surface area contributed by atoms with Crippen molar-refractivity contribution in [2.75, 3.05) is 13.1 Å². The van der Waals surface area contributed by atoms with Gasteiger partial charge in [0.1, 0.15) is 11.2 Å². The van der Waals surface area contributed by atoms with Crippen molar-refractivity contribution in [1.82, 2.24) is 30.0 Å². The van der Waals surface area contributed by atoms with Gasteiger partial charge in [0.05, 0.1) is 22.6 Å². The predicted molar refractivity (Wildman–Crippen MR) is 125 cm³/mol. The van der Waals surface area contributed by atoms with Crippen LogP contribution in [0, 0.1) is 6.92 Å². The van der Waals surface area contributed by atoms with Crippen molar-refractivity contribution < 1.29 is 0 Å². The Balaban J connectivity index is 1.56. The van der Waals surface area contributed by atoms with Gasteiger partial charge in [-0.15, -0.1) is 0 Å². The third-order valence-electron chi connectivity index (χ3n) is 5.85. The number of allylic oxidation sites excluding steroid dienone is 2. The number of hydrogen-bond donors (Lipinski definition) is 2. The predicted octanol–water partition coefficient (Wildman–Crippen LogP) is 5.34. The minimum atomic E-state index is 0.818. The minimum Gasteiger partial charge on any atom is -0.371 e. The van der Waals surface area contributed by atoms with E-state index in [0.717, 1.165) is 52.6 Å². The highest BCUT2D eigenvalue weighted by molar-refractivity contribution is 5.91. The van der Waals surface area contributed by atoms with E-state index >= 15 is 0 Å². The monoisotopic (exact) mass is 410 g/mol. The number of piperidine rings is 1. The van der Waals surface area contributed by atoms with Crippen LogP contribution in [-0.2, 0) is 0 Å². The second kappa shape index (κ2) is 8.22. The first kappa shape index (κ1) is 19.3. The van der Waals surface area contributed by atoms with Crippen LogP contribution in [0.1, 0.15) is 30.5 Å². The number of nitrogens with one attached hydrogen (secondary N) is 2. The van der Waals surface area contributed by atoms with Gasteiger partial charge in [-0.2, -0.15) is 5.10 Å². The molecule has 0 aromatic carbocycles. The molecule has 4 aromatic rings. The molecule has 0 atom stereocenters. The zero-order valence-corrected chi connectivity index (χ0v) is 17.7. The minimum absolute atomic E-state index is 0.818. The standard InChI is InChI=1S/C25H26N6/c1-3-9-23(31-14-7-4-8-15-31)18-16-22(27-17(18)2)25-24-21(29-30-25)12-11-20(28-24)19-10-5-6-13-26-19/h3,5-6,9-13,16,27H,1,4,7-8,14-15H2,2H3,(H,29,30)/b23-9+. The summed E-state index contributed by atoms with van der Waals surface area (Å²) in [5, 5.41) is 7.70. The number of fused-ring (bicyclic) bond motifs is 1. The maximum absolute atomic E-state index is 4.87. The van der Waals surface area contributed by atoms with Gasteiger partial charge >= 0.3 is 0 Å². The molecule has 1 aliphatic rings. The van der Waals surface area contributed by atoms with Gasteiger partial charge in [-0.25, -0.2) is 4.98 Å². The molecule has 0 amide bonds. The van der Waals surface area contributed by atoms with E-state index in [1.54, 1.807) is 6.20 Å². The highest BCUT2D eigenvalue weighted by Gasteiger charge is 2.20. The number of aromatic amines is 2. The van der Waals surface area contributed by atoms with Gasteiger partial charge in [-0.05, 0) is 62.6 Å². The van der Waals surface area contributed by atoms with E-state index < -0.39 is 0 Å². The average molecular weight is 411 g/mol. The average Bonchev–Trinajstić information content (AvgIpc) is 3.41. The van der Waals surface area contributed by atoms with Gasteiger partial charge in [-0.3, -0.25) is 10.1 Å². The molecule has 5 rings (SSSR count). The summed E-state index contributed by atoms with van der Waals surface area (Å²) in [6.45, 7) is 8.22. The molecule has 0 unspecified atom stereocenters. The van der Waals surface area contributed by atoms with E-state index in [0.29, 0.717) is 0 Å². The van der Waals surface area contributed by atoms with Gasteiger partial charge in [0.15, 0.2) is 0 Å². The molecule has 4 aromatic heterocycles. The van der Waals surface area contributed by atoms with E-state index in [1.165, 1.54) is 30.5 Å². The van der Waals surface area contributed by atoms with Crippen molar-refractivity contribution in [3.63, 3.8) is 0 Å². The number of aryl methyl sites for hydroxylation is 1. The van der Waals surface area contributed by atoms with Crippen LogP contribution < -0.4 is 0 Å². The van der Waals surface area contributed by atoms with E-state index in [9.17, 15) is 0 Å². The number of pyridine rings is 2. The van der Waals surface area contributed by atoms with Crippen molar-refractivity contribution in [2.24, 2.45) is 0 Å². The van der Waals surface area contributed by atoms with E-state index in [-0.39, 0.29) is 0 Å². The van der Waals surface area contributed by atoms with Crippen molar-refractivity contribution in [3.8, 4) is 22.8 Å². The summed E-state index contributed by atoms with van der Waals surface area (Å²) in [6.07, 6.45) is 9.54. The summed E-state index contributed by atoms with van der Waals surface area (Å²) >= 11 is 0. The van der Waals surface area contributed by atoms with Gasteiger partial charge < -0.3 is 9.88 Å². The number of likely N-dealkylation sites (tertiary alicyclic amines) is 1. The SMILES string of the molecule is C=C/C=C(\c1cc(-c2n[nH]c3ccc(-c4ccccn4)nc23)[nH]c1C)N1CCCCC1. The lowest BCUT2D eigenvalue weighted by Crippen LogP contribution is -2.28. The lowest BCUT2D eigenvalue weighted by Gasteiger charge is -2.31. The zero-order chi connectivity index (χ0) is 21.2. The van der Waals surface area contributed by atoms with E-state index in [4.69, 9.17) is 4.98 Å². The molecule has 0 spiro atoms. The molecule has 156 valence electrons. The summed E-state index contributed by atoms with van der Waals surface area (Å²) in [6, 6.07) is 12.0. The molecule has 0 aliphatic carbocycles. The second-order valence-corrected chi connectivity index (χ2v) is 7.94. The van der Waals surface area contributed by atoms with E-state index in [1.807, 2.05) is 36.4 Å². The molecule has 1 aliphatic heterocycles. The van der Waals surface area contributed by atoms with Gasteiger partial charge in [-0.1, -0.05) is 18.7 Å². The van der Waals surface area contributed by atoms with Crippen LogP contribution in [0.4, 0.5) is 0 Å². The summed E-state index contributed by atoms with van der Waals surface area (Å²) in [5.41, 5.74) is 8.72. The number of H-pyrrole nitrogens is 2. The number of rotatable bonds is 5. The molecule has 6 heteroatoms. The molecule has 31 heavy (non-hydrogen) atoms. The first-order valence-corrected chi connectivity index (χ1v) is 10.8. The Morgan fingerprint density at radius 3 is 2.74 bits per heavy atom. The molecular formula is C25H26N6. The van der Waals surface area contributed by atoms with Crippen LogP contribution in [0.15, 0.2) is 61.3 Å². The van der Waals surface area contributed by atoms with Crippen LogP contribution in [-0.4, -0.2) is 43.1 Å². The van der Waals surface area contributed by atoms with Crippen molar-refractivity contribution in [3.05, 3.63) is 72.6 Å². The van der Waals surface area contributed by atoms with Gasteiger partial charge in [0.25, 0.3) is 0 Å². The van der Waals surface area contributed by atoms with Crippen molar-refractivity contribution in [2.45, 2.75) is 26.2 Å². The molecule has 2 N–H and O–H groups in total. The van der Waals surface area contributed by atoms with Crippen LogP contribution >= 0.6 is 0 Å². The molecule has 0 radical (unpaired) electrons. The van der Waals surface area contributed by atoms with Crippen LogP contribution in [0.5, 0.6) is 0 Å². The quantitative estimate of drug-likeness (QED) is 0.436. The lowest BCUT2D eigenvalue weighted by molar-refractivity contribution is 0.326. The fourth-order valence-electron chi connectivity index (χ4n) is 4.31.